The number of hydrogen-bond donors (Lipinski definition) is 2. The number of H-pyrrole nitrogens is 2. The number of piperidine rings is 1. The number of rotatable bonds is 7. The number of aryl methyl sites for hydroxylation is 1. The van der Waals surface area contributed by atoms with Crippen molar-refractivity contribution >= 4 is 21.8 Å². The molecule has 0 radical (unpaired) electrons. The monoisotopic (exact) mass is 401 g/mol. The van der Waals surface area contributed by atoms with Gasteiger partial charge in [0.1, 0.15) is 5.75 Å². The van der Waals surface area contributed by atoms with E-state index < -0.39 is 0 Å². The second kappa shape index (κ2) is 8.57. The van der Waals surface area contributed by atoms with E-state index in [0.717, 1.165) is 12.2 Å². The highest BCUT2D eigenvalue weighted by Gasteiger charge is 2.22. The molecule has 1 aliphatic heterocycles. The Morgan fingerprint density at radius 2 is 1.73 bits per heavy atom. The lowest BCUT2D eigenvalue weighted by Gasteiger charge is -2.32. The Kier molecular flexibility index (Phi) is 5.50. The first-order chi connectivity index (χ1) is 14.8. The van der Waals surface area contributed by atoms with E-state index in [1.165, 1.54) is 78.3 Å². The number of aromatic amines is 2. The first kappa shape index (κ1) is 19.3. The predicted octanol–water partition coefficient (Wildman–Crippen LogP) is 5.86. The van der Waals surface area contributed by atoms with E-state index in [9.17, 15) is 0 Å². The van der Waals surface area contributed by atoms with Crippen LogP contribution in [-0.2, 0) is 6.42 Å². The molecule has 2 N–H and O–H groups in total. The molecule has 30 heavy (non-hydrogen) atoms. The van der Waals surface area contributed by atoms with Gasteiger partial charge in [-0.3, -0.25) is 0 Å². The van der Waals surface area contributed by atoms with Crippen molar-refractivity contribution in [2.75, 3.05) is 26.7 Å². The Morgan fingerprint density at radius 3 is 2.60 bits per heavy atom. The normalized spacial score (nSPS) is 15.9. The first-order valence-corrected chi connectivity index (χ1v) is 11.2. The van der Waals surface area contributed by atoms with Crippen molar-refractivity contribution in [2.45, 2.75) is 38.0 Å². The molecule has 1 saturated heterocycles. The van der Waals surface area contributed by atoms with E-state index in [2.05, 4.69) is 63.7 Å². The summed E-state index contributed by atoms with van der Waals surface area (Å²) in [5.74, 6) is 1.63. The summed E-state index contributed by atoms with van der Waals surface area (Å²) in [6.07, 6.45) is 10.5. The molecule has 1 aliphatic rings. The van der Waals surface area contributed by atoms with Gasteiger partial charge in [0, 0.05) is 34.2 Å². The third-order valence-electron chi connectivity index (χ3n) is 6.79. The SMILES string of the molecule is COc1ccc2[nH]cc(CCCCN3CCC(c4c[nH]c5ccccc45)CC3)c2c1. The fourth-order valence-electron chi connectivity index (χ4n) is 5.04. The van der Waals surface area contributed by atoms with E-state index in [0.29, 0.717) is 5.92 Å². The van der Waals surface area contributed by atoms with Gasteiger partial charge in [0.15, 0.2) is 0 Å². The molecule has 0 atom stereocenters. The zero-order chi connectivity index (χ0) is 20.3. The first-order valence-electron chi connectivity index (χ1n) is 11.2. The Balaban J connectivity index is 1.10. The number of aromatic nitrogens is 2. The van der Waals surface area contributed by atoms with Crippen molar-refractivity contribution in [3.05, 3.63) is 66.0 Å². The molecule has 0 spiro atoms. The van der Waals surface area contributed by atoms with Gasteiger partial charge in [-0.15, -0.1) is 0 Å². The number of methoxy groups -OCH3 is 1. The van der Waals surface area contributed by atoms with Crippen LogP contribution in [-0.4, -0.2) is 41.6 Å². The van der Waals surface area contributed by atoms with Gasteiger partial charge in [-0.2, -0.15) is 0 Å². The lowest BCUT2D eigenvalue weighted by atomic mass is 9.89. The van der Waals surface area contributed by atoms with Crippen molar-refractivity contribution in [1.82, 2.24) is 14.9 Å². The zero-order valence-corrected chi connectivity index (χ0v) is 17.8. The van der Waals surface area contributed by atoms with Crippen molar-refractivity contribution in [1.29, 1.82) is 0 Å². The van der Waals surface area contributed by atoms with Gasteiger partial charge in [0.2, 0.25) is 0 Å². The Bertz CT molecular complexity index is 1120. The molecule has 1 fully saturated rings. The highest BCUT2D eigenvalue weighted by molar-refractivity contribution is 5.85. The third-order valence-corrected chi connectivity index (χ3v) is 6.79. The van der Waals surface area contributed by atoms with Crippen LogP contribution in [0.25, 0.3) is 21.8 Å². The molecule has 4 nitrogen and oxygen atoms in total. The molecule has 3 heterocycles. The van der Waals surface area contributed by atoms with Crippen LogP contribution in [0.5, 0.6) is 5.75 Å². The number of nitrogens with one attached hydrogen (secondary N) is 2. The van der Waals surface area contributed by atoms with Gasteiger partial charge in [-0.25, -0.2) is 0 Å². The second-order valence-electron chi connectivity index (χ2n) is 8.59. The average molecular weight is 402 g/mol. The summed E-state index contributed by atoms with van der Waals surface area (Å²) in [5, 5.41) is 2.71. The maximum Gasteiger partial charge on any atom is 0.119 e. The minimum Gasteiger partial charge on any atom is -0.497 e. The molecule has 4 heteroatoms. The molecular weight excluding hydrogens is 370 g/mol. The second-order valence-corrected chi connectivity index (χ2v) is 8.59. The van der Waals surface area contributed by atoms with E-state index >= 15 is 0 Å². The molecular formula is C26H31N3O. The van der Waals surface area contributed by atoms with Gasteiger partial charge < -0.3 is 19.6 Å². The molecule has 2 aromatic carbocycles. The van der Waals surface area contributed by atoms with Crippen LogP contribution in [0.2, 0.25) is 0 Å². The van der Waals surface area contributed by atoms with E-state index in [1.54, 1.807) is 7.11 Å². The number of fused-ring (bicyclic) bond motifs is 2. The highest BCUT2D eigenvalue weighted by atomic mass is 16.5. The summed E-state index contributed by atoms with van der Waals surface area (Å²) in [5.41, 5.74) is 5.39. The molecule has 0 amide bonds. The maximum atomic E-state index is 5.39. The van der Waals surface area contributed by atoms with Gasteiger partial charge in [-0.05, 0) is 93.0 Å². The van der Waals surface area contributed by atoms with E-state index in [1.807, 2.05) is 6.07 Å². The summed E-state index contributed by atoms with van der Waals surface area (Å²) >= 11 is 0. The summed E-state index contributed by atoms with van der Waals surface area (Å²) in [6, 6.07) is 15.0. The van der Waals surface area contributed by atoms with Gasteiger partial charge in [0.05, 0.1) is 7.11 Å². The van der Waals surface area contributed by atoms with Crippen molar-refractivity contribution in [2.24, 2.45) is 0 Å². The summed E-state index contributed by atoms with van der Waals surface area (Å²) in [6.45, 7) is 3.65. The van der Waals surface area contributed by atoms with Gasteiger partial charge in [0.25, 0.3) is 0 Å². The lowest BCUT2D eigenvalue weighted by Crippen LogP contribution is -2.33. The largest absolute Gasteiger partial charge is 0.497 e. The maximum absolute atomic E-state index is 5.39. The van der Waals surface area contributed by atoms with Gasteiger partial charge in [-0.1, -0.05) is 18.2 Å². The number of nitrogens with zero attached hydrogens (tertiary/aromatic N) is 1. The minimum atomic E-state index is 0.693. The smallest absolute Gasteiger partial charge is 0.119 e. The number of benzene rings is 2. The quantitative estimate of drug-likeness (QED) is 0.381. The highest BCUT2D eigenvalue weighted by Crippen LogP contribution is 2.33. The number of likely N-dealkylation sites (tertiary alicyclic amines) is 1. The summed E-state index contributed by atoms with van der Waals surface area (Å²) in [7, 11) is 1.73. The van der Waals surface area contributed by atoms with Crippen LogP contribution < -0.4 is 4.74 Å². The summed E-state index contributed by atoms with van der Waals surface area (Å²) in [4.78, 5) is 9.50. The average Bonchev–Trinajstić information content (AvgIpc) is 3.41. The van der Waals surface area contributed by atoms with Crippen molar-refractivity contribution in [3.8, 4) is 5.75 Å². The van der Waals surface area contributed by atoms with E-state index in [-0.39, 0.29) is 0 Å². The Morgan fingerprint density at radius 1 is 0.933 bits per heavy atom. The lowest BCUT2D eigenvalue weighted by molar-refractivity contribution is 0.209. The van der Waals surface area contributed by atoms with Gasteiger partial charge >= 0.3 is 0 Å². The fraction of sp³-hybridized carbons (Fsp3) is 0.385. The van der Waals surface area contributed by atoms with Crippen LogP contribution in [0, 0.1) is 0 Å². The number of hydrogen-bond acceptors (Lipinski definition) is 2. The van der Waals surface area contributed by atoms with E-state index in [4.69, 9.17) is 4.74 Å². The Hall–Kier alpha value is -2.72. The Labute approximate surface area is 178 Å². The van der Waals surface area contributed by atoms with Crippen LogP contribution in [0.1, 0.15) is 42.7 Å². The summed E-state index contributed by atoms with van der Waals surface area (Å²) < 4.78 is 5.39. The molecule has 4 aromatic rings. The molecule has 0 aliphatic carbocycles. The molecule has 0 saturated carbocycles. The van der Waals surface area contributed by atoms with Crippen LogP contribution in [0.4, 0.5) is 0 Å². The molecule has 0 bridgehead atoms. The standard InChI is InChI=1S/C26H31N3O/c1-30-21-9-10-26-23(16-21)20(17-27-26)6-4-5-13-29-14-11-19(12-15-29)24-18-28-25-8-3-2-7-22(24)25/h2-3,7-10,16-19,27-28H,4-6,11-15H2,1H3. The topological polar surface area (TPSA) is 44.0 Å². The van der Waals surface area contributed by atoms with Crippen LogP contribution in [0.3, 0.4) is 0 Å². The molecule has 156 valence electrons. The third kappa shape index (κ3) is 3.84. The fourth-order valence-corrected chi connectivity index (χ4v) is 5.04. The minimum absolute atomic E-state index is 0.693. The van der Waals surface area contributed by atoms with Crippen molar-refractivity contribution in [3.63, 3.8) is 0 Å². The molecule has 5 rings (SSSR count). The molecule has 2 aromatic heterocycles. The van der Waals surface area contributed by atoms with Crippen molar-refractivity contribution < 1.29 is 4.74 Å². The predicted molar refractivity (Wildman–Crippen MR) is 125 cm³/mol. The van der Waals surface area contributed by atoms with Crippen LogP contribution >= 0.6 is 0 Å². The molecule has 0 unspecified atom stereocenters. The zero-order valence-electron chi connectivity index (χ0n) is 17.8. The number of ether oxygens (including phenoxy) is 1. The van der Waals surface area contributed by atoms with Crippen LogP contribution in [0.15, 0.2) is 54.9 Å². The number of unbranched alkanes of at least 4 members (excludes halogenated alkanes) is 1. The number of para-hydroxylation sites is 1.